The lowest BCUT2D eigenvalue weighted by atomic mass is 10.2. The molecule has 2 saturated heterocycles. The molecule has 2 aliphatic heterocycles. The van der Waals surface area contributed by atoms with Crippen LogP contribution in [0.3, 0.4) is 0 Å². The van der Waals surface area contributed by atoms with E-state index in [9.17, 15) is 13.2 Å². The van der Waals surface area contributed by atoms with Crippen molar-refractivity contribution < 1.29 is 22.3 Å². The van der Waals surface area contributed by atoms with E-state index in [1.807, 2.05) is 4.90 Å². The number of halogens is 3. The lowest BCUT2D eigenvalue weighted by Crippen LogP contribution is -2.51. The van der Waals surface area contributed by atoms with Crippen LogP contribution in [-0.2, 0) is 0 Å². The molecular formula is C17H15F3N4O2S. The molecule has 5 rings (SSSR count). The van der Waals surface area contributed by atoms with Gasteiger partial charge in [0.1, 0.15) is 5.01 Å². The highest BCUT2D eigenvalue weighted by molar-refractivity contribution is 7.13. The second-order valence-corrected chi connectivity index (χ2v) is 7.61. The molecule has 0 radical (unpaired) electrons. The van der Waals surface area contributed by atoms with Gasteiger partial charge in [-0.25, -0.2) is 4.98 Å². The van der Waals surface area contributed by atoms with Crippen LogP contribution in [0.25, 0.3) is 21.7 Å². The quantitative estimate of drug-likeness (QED) is 0.727. The van der Waals surface area contributed by atoms with Gasteiger partial charge >= 0.3 is 6.36 Å². The van der Waals surface area contributed by atoms with Gasteiger partial charge in [0.15, 0.2) is 16.8 Å². The predicted molar refractivity (Wildman–Crippen MR) is 94.0 cm³/mol. The fraction of sp³-hybridized carbons (Fsp3) is 0.412. The Morgan fingerprint density at radius 3 is 2.67 bits per heavy atom. The van der Waals surface area contributed by atoms with Gasteiger partial charge in [-0.05, 0) is 25.0 Å². The zero-order valence-electron chi connectivity index (χ0n) is 14.0. The SMILES string of the molecule is FC(F)(F)Oc1ccc(-c2nccs2)c2oc(N3CC4CCC(C3)N4)nc12. The molecule has 2 bridgehead atoms. The van der Waals surface area contributed by atoms with E-state index in [1.165, 1.54) is 23.5 Å². The Balaban J connectivity index is 1.61. The van der Waals surface area contributed by atoms with E-state index in [1.54, 1.807) is 11.6 Å². The Bertz CT molecular complexity index is 961. The minimum Gasteiger partial charge on any atom is -0.422 e. The van der Waals surface area contributed by atoms with E-state index >= 15 is 0 Å². The molecule has 142 valence electrons. The minimum absolute atomic E-state index is 0.0564. The van der Waals surface area contributed by atoms with Gasteiger partial charge in [0.05, 0.1) is 5.56 Å². The zero-order valence-corrected chi connectivity index (χ0v) is 14.8. The van der Waals surface area contributed by atoms with Crippen LogP contribution < -0.4 is 15.0 Å². The first kappa shape index (κ1) is 16.8. The molecule has 1 N–H and O–H groups in total. The summed E-state index contributed by atoms with van der Waals surface area (Å²) in [5, 5.41) is 5.96. The van der Waals surface area contributed by atoms with Crippen molar-refractivity contribution in [1.29, 1.82) is 0 Å². The van der Waals surface area contributed by atoms with Crippen LogP contribution in [0.1, 0.15) is 12.8 Å². The van der Waals surface area contributed by atoms with E-state index in [0.717, 1.165) is 12.8 Å². The van der Waals surface area contributed by atoms with Gasteiger partial charge in [-0.3, -0.25) is 0 Å². The Labute approximate surface area is 156 Å². The van der Waals surface area contributed by atoms with Crippen molar-refractivity contribution in [3.63, 3.8) is 0 Å². The van der Waals surface area contributed by atoms with Crippen LogP contribution in [0.5, 0.6) is 5.75 Å². The number of nitrogens with one attached hydrogen (secondary N) is 1. The first-order chi connectivity index (χ1) is 13.0. The molecule has 2 aromatic heterocycles. The number of anilines is 1. The molecule has 0 amide bonds. The number of rotatable bonds is 3. The van der Waals surface area contributed by atoms with Gasteiger partial charge in [0.2, 0.25) is 0 Å². The third-order valence-corrected chi connectivity index (χ3v) is 5.68. The summed E-state index contributed by atoms with van der Waals surface area (Å²) in [7, 11) is 0. The molecule has 10 heteroatoms. The van der Waals surface area contributed by atoms with Crippen molar-refractivity contribution in [3.8, 4) is 16.3 Å². The van der Waals surface area contributed by atoms with Crippen LogP contribution in [0.4, 0.5) is 19.2 Å². The Hall–Kier alpha value is -2.33. The fourth-order valence-electron chi connectivity index (χ4n) is 3.79. The van der Waals surface area contributed by atoms with E-state index in [-0.39, 0.29) is 16.8 Å². The lowest BCUT2D eigenvalue weighted by molar-refractivity contribution is -0.274. The van der Waals surface area contributed by atoms with Gasteiger partial charge in [-0.2, -0.15) is 4.98 Å². The molecule has 3 aromatic rings. The molecule has 2 aliphatic rings. The molecule has 2 unspecified atom stereocenters. The summed E-state index contributed by atoms with van der Waals surface area (Å²) in [5.41, 5.74) is 0.917. The second kappa shape index (κ2) is 6.10. The minimum atomic E-state index is -4.80. The summed E-state index contributed by atoms with van der Waals surface area (Å²) in [6, 6.07) is 3.81. The molecule has 0 aliphatic carbocycles. The van der Waals surface area contributed by atoms with Gasteiger partial charge in [0, 0.05) is 36.8 Å². The number of alkyl halides is 3. The smallest absolute Gasteiger partial charge is 0.422 e. The van der Waals surface area contributed by atoms with E-state index in [4.69, 9.17) is 4.42 Å². The molecular weight excluding hydrogens is 381 g/mol. The molecule has 0 spiro atoms. The largest absolute Gasteiger partial charge is 0.573 e. The van der Waals surface area contributed by atoms with Crippen LogP contribution in [0, 0.1) is 0 Å². The fourth-order valence-corrected chi connectivity index (χ4v) is 4.45. The van der Waals surface area contributed by atoms with Crippen molar-refractivity contribution in [2.75, 3.05) is 18.0 Å². The number of thiazole rings is 1. The number of piperazine rings is 1. The van der Waals surface area contributed by atoms with Gasteiger partial charge in [-0.15, -0.1) is 24.5 Å². The van der Waals surface area contributed by atoms with E-state index in [0.29, 0.717) is 41.8 Å². The van der Waals surface area contributed by atoms with Crippen molar-refractivity contribution >= 4 is 28.5 Å². The average Bonchev–Trinajstić information content (AvgIpc) is 3.34. The molecule has 1 aromatic carbocycles. The Kier molecular flexibility index (Phi) is 3.80. The third kappa shape index (κ3) is 3.12. The Morgan fingerprint density at radius 1 is 1.22 bits per heavy atom. The topological polar surface area (TPSA) is 63.4 Å². The van der Waals surface area contributed by atoms with Crippen molar-refractivity contribution in [2.24, 2.45) is 0 Å². The third-order valence-electron chi connectivity index (χ3n) is 4.87. The predicted octanol–water partition coefficient (Wildman–Crippen LogP) is 3.79. The summed E-state index contributed by atoms with van der Waals surface area (Å²) in [6.07, 6.45) is -1.01. The van der Waals surface area contributed by atoms with Crippen molar-refractivity contribution in [2.45, 2.75) is 31.3 Å². The van der Waals surface area contributed by atoms with Gasteiger partial charge in [-0.1, -0.05) is 0 Å². The number of fused-ring (bicyclic) bond motifs is 3. The van der Waals surface area contributed by atoms with Gasteiger partial charge in [0.25, 0.3) is 6.01 Å². The number of aromatic nitrogens is 2. The second-order valence-electron chi connectivity index (χ2n) is 6.71. The lowest BCUT2D eigenvalue weighted by Gasteiger charge is -2.31. The highest BCUT2D eigenvalue weighted by atomic mass is 32.1. The summed E-state index contributed by atoms with van der Waals surface area (Å²) < 4.78 is 48.5. The molecule has 2 fully saturated rings. The summed E-state index contributed by atoms with van der Waals surface area (Å²) in [6.45, 7) is 1.43. The van der Waals surface area contributed by atoms with Crippen LogP contribution in [-0.4, -0.2) is 41.5 Å². The first-order valence-electron chi connectivity index (χ1n) is 8.56. The maximum Gasteiger partial charge on any atom is 0.573 e. The number of hydrogen-bond donors (Lipinski definition) is 1. The summed E-state index contributed by atoms with van der Waals surface area (Å²) in [5.74, 6) is -0.370. The highest BCUT2D eigenvalue weighted by Crippen LogP contribution is 2.39. The standard InChI is InChI=1S/C17H15F3N4O2S/c18-17(19,20)26-12-4-3-11(15-21-5-6-27-15)14-13(12)23-16(25-14)24-7-9-1-2-10(8-24)22-9/h3-6,9-10,22H,1-2,7-8H2. The number of hydrogen-bond acceptors (Lipinski definition) is 7. The summed E-state index contributed by atoms with van der Waals surface area (Å²) in [4.78, 5) is 10.6. The zero-order chi connectivity index (χ0) is 18.6. The molecule has 6 nitrogen and oxygen atoms in total. The van der Waals surface area contributed by atoms with Gasteiger partial charge < -0.3 is 19.4 Å². The normalized spacial score (nSPS) is 22.6. The number of nitrogens with zero attached hydrogens (tertiary/aromatic N) is 3. The summed E-state index contributed by atoms with van der Waals surface area (Å²) >= 11 is 1.38. The van der Waals surface area contributed by atoms with E-state index in [2.05, 4.69) is 20.0 Å². The number of ether oxygens (including phenoxy) is 1. The monoisotopic (exact) mass is 396 g/mol. The maximum atomic E-state index is 12.8. The van der Waals surface area contributed by atoms with Crippen LogP contribution >= 0.6 is 11.3 Å². The molecule has 4 heterocycles. The maximum absolute atomic E-state index is 12.8. The number of benzene rings is 1. The van der Waals surface area contributed by atoms with Crippen LogP contribution in [0.15, 0.2) is 28.1 Å². The van der Waals surface area contributed by atoms with E-state index < -0.39 is 6.36 Å². The first-order valence-corrected chi connectivity index (χ1v) is 9.44. The highest BCUT2D eigenvalue weighted by Gasteiger charge is 2.36. The number of oxazole rings is 1. The Morgan fingerprint density at radius 2 is 2.00 bits per heavy atom. The molecule has 0 saturated carbocycles. The van der Waals surface area contributed by atoms with Crippen LogP contribution in [0.2, 0.25) is 0 Å². The van der Waals surface area contributed by atoms with Crippen molar-refractivity contribution in [1.82, 2.24) is 15.3 Å². The van der Waals surface area contributed by atoms with Crippen molar-refractivity contribution in [3.05, 3.63) is 23.7 Å². The average molecular weight is 396 g/mol. The molecule has 2 atom stereocenters. The molecule has 27 heavy (non-hydrogen) atoms.